The summed E-state index contributed by atoms with van der Waals surface area (Å²) in [5, 5.41) is 17.5. The van der Waals surface area contributed by atoms with Crippen molar-refractivity contribution >= 4 is 11.9 Å². The fourth-order valence-corrected chi connectivity index (χ4v) is 3.61. The van der Waals surface area contributed by atoms with E-state index in [1.807, 2.05) is 0 Å². The highest BCUT2D eigenvalue weighted by Crippen LogP contribution is 2.19. The van der Waals surface area contributed by atoms with Crippen LogP contribution < -0.4 is 0 Å². The summed E-state index contributed by atoms with van der Waals surface area (Å²) < 4.78 is 0. The minimum Gasteiger partial charge on any atom is -0.481 e. The fourth-order valence-electron chi connectivity index (χ4n) is 3.61. The van der Waals surface area contributed by atoms with Crippen molar-refractivity contribution in [3.8, 4) is 0 Å². The number of carboxylic acids is 2. The van der Waals surface area contributed by atoms with Crippen LogP contribution in [0.25, 0.3) is 0 Å². The zero-order valence-electron chi connectivity index (χ0n) is 20.4. The molecule has 0 saturated heterocycles. The first-order chi connectivity index (χ1) is 14.5. The van der Waals surface area contributed by atoms with Crippen molar-refractivity contribution in [3.05, 3.63) is 0 Å². The molecule has 1 atom stereocenters. The molecule has 0 aromatic rings. The molecule has 4 nitrogen and oxygen atoms in total. The summed E-state index contributed by atoms with van der Waals surface area (Å²) in [6, 6.07) is 0. The standard InChI is InChI=1S/C20H40O2.C6H12O2/c1-3-5-7-9-11-12-14-16-18-19(20(21)22)17-15-13-10-8-6-4-2;1-2-3-4-5-6(7)8/h19H,3-18H2,1-2H3,(H,21,22);2-5H2,1H3,(H,7,8). The fraction of sp³-hybridized carbons (Fsp3) is 0.923. The molecule has 180 valence electrons. The van der Waals surface area contributed by atoms with Crippen molar-refractivity contribution < 1.29 is 19.8 Å². The molecule has 0 heterocycles. The van der Waals surface area contributed by atoms with Gasteiger partial charge in [0.1, 0.15) is 0 Å². The minimum absolute atomic E-state index is 0.0914. The summed E-state index contributed by atoms with van der Waals surface area (Å²) in [4.78, 5) is 21.2. The lowest BCUT2D eigenvalue weighted by Gasteiger charge is -2.12. The molecule has 0 aliphatic heterocycles. The van der Waals surface area contributed by atoms with Crippen LogP contribution in [0.2, 0.25) is 0 Å². The van der Waals surface area contributed by atoms with Gasteiger partial charge in [0.15, 0.2) is 0 Å². The van der Waals surface area contributed by atoms with Crippen LogP contribution in [0.15, 0.2) is 0 Å². The number of hydrogen-bond donors (Lipinski definition) is 2. The predicted molar refractivity (Wildman–Crippen MR) is 128 cm³/mol. The Morgan fingerprint density at radius 2 is 0.867 bits per heavy atom. The van der Waals surface area contributed by atoms with Gasteiger partial charge in [0, 0.05) is 6.42 Å². The number of hydrogen-bond acceptors (Lipinski definition) is 2. The molecule has 0 aromatic heterocycles. The Morgan fingerprint density at radius 1 is 0.533 bits per heavy atom. The van der Waals surface area contributed by atoms with E-state index in [0.717, 1.165) is 44.9 Å². The van der Waals surface area contributed by atoms with Crippen LogP contribution in [0.1, 0.15) is 149 Å². The van der Waals surface area contributed by atoms with Gasteiger partial charge < -0.3 is 10.2 Å². The first-order valence-corrected chi connectivity index (χ1v) is 12.9. The molecule has 0 rings (SSSR count). The largest absolute Gasteiger partial charge is 0.481 e. The highest BCUT2D eigenvalue weighted by Gasteiger charge is 2.16. The van der Waals surface area contributed by atoms with Crippen LogP contribution in [-0.4, -0.2) is 22.2 Å². The molecule has 0 aliphatic carbocycles. The second-order valence-corrected chi connectivity index (χ2v) is 8.71. The third-order valence-electron chi connectivity index (χ3n) is 5.66. The summed E-state index contributed by atoms with van der Waals surface area (Å²) in [6.07, 6.45) is 22.9. The Balaban J connectivity index is 0. The number of unbranched alkanes of at least 4 members (excludes halogenated alkanes) is 14. The van der Waals surface area contributed by atoms with E-state index >= 15 is 0 Å². The van der Waals surface area contributed by atoms with E-state index in [0.29, 0.717) is 6.42 Å². The second kappa shape index (κ2) is 26.0. The molecule has 0 aromatic carbocycles. The smallest absolute Gasteiger partial charge is 0.306 e. The van der Waals surface area contributed by atoms with E-state index in [2.05, 4.69) is 20.8 Å². The molecule has 0 spiro atoms. The van der Waals surface area contributed by atoms with E-state index < -0.39 is 11.9 Å². The maximum Gasteiger partial charge on any atom is 0.306 e. The van der Waals surface area contributed by atoms with E-state index in [4.69, 9.17) is 5.11 Å². The summed E-state index contributed by atoms with van der Waals surface area (Å²) >= 11 is 0. The van der Waals surface area contributed by atoms with Crippen molar-refractivity contribution in [2.24, 2.45) is 5.92 Å². The molecule has 1 unspecified atom stereocenters. The van der Waals surface area contributed by atoms with Gasteiger partial charge in [0.25, 0.3) is 0 Å². The van der Waals surface area contributed by atoms with Crippen LogP contribution in [0.3, 0.4) is 0 Å². The summed E-state index contributed by atoms with van der Waals surface area (Å²) in [5.74, 6) is -1.35. The maximum atomic E-state index is 11.3. The third kappa shape index (κ3) is 26.9. The van der Waals surface area contributed by atoms with Gasteiger partial charge in [-0.2, -0.15) is 0 Å². The molecule has 0 saturated carbocycles. The second-order valence-electron chi connectivity index (χ2n) is 8.71. The van der Waals surface area contributed by atoms with E-state index in [1.165, 1.54) is 77.0 Å². The van der Waals surface area contributed by atoms with Crippen LogP contribution >= 0.6 is 0 Å². The van der Waals surface area contributed by atoms with Gasteiger partial charge in [-0.25, -0.2) is 0 Å². The first kappa shape index (κ1) is 31.1. The van der Waals surface area contributed by atoms with Crippen LogP contribution in [0.5, 0.6) is 0 Å². The molecule has 30 heavy (non-hydrogen) atoms. The minimum atomic E-state index is -0.682. The molecule has 0 radical (unpaired) electrons. The van der Waals surface area contributed by atoms with Crippen LogP contribution in [0, 0.1) is 5.92 Å². The molecular formula is C26H52O4. The number of rotatable bonds is 21. The molecule has 0 aliphatic rings. The molecule has 0 fully saturated rings. The van der Waals surface area contributed by atoms with Crippen molar-refractivity contribution in [3.63, 3.8) is 0 Å². The lowest BCUT2D eigenvalue weighted by atomic mass is 9.94. The van der Waals surface area contributed by atoms with Gasteiger partial charge in [-0.3, -0.25) is 9.59 Å². The van der Waals surface area contributed by atoms with Crippen molar-refractivity contribution in [1.82, 2.24) is 0 Å². The normalized spacial score (nSPS) is 11.6. The highest BCUT2D eigenvalue weighted by molar-refractivity contribution is 5.69. The van der Waals surface area contributed by atoms with E-state index in [1.54, 1.807) is 0 Å². The zero-order valence-corrected chi connectivity index (χ0v) is 20.4. The Labute approximate surface area is 187 Å². The van der Waals surface area contributed by atoms with Gasteiger partial charge in [0.2, 0.25) is 0 Å². The quantitative estimate of drug-likeness (QED) is 0.179. The SMILES string of the molecule is CCCCCC(=O)O.CCCCCCCCCCC(CCCCCCCC)C(=O)O. The van der Waals surface area contributed by atoms with Gasteiger partial charge in [0.05, 0.1) is 5.92 Å². The van der Waals surface area contributed by atoms with Gasteiger partial charge in [-0.05, 0) is 19.3 Å². The van der Waals surface area contributed by atoms with E-state index in [9.17, 15) is 14.7 Å². The Hall–Kier alpha value is -1.06. The molecule has 2 N–H and O–H groups in total. The first-order valence-electron chi connectivity index (χ1n) is 12.9. The Kier molecular flexibility index (Phi) is 27.0. The van der Waals surface area contributed by atoms with Gasteiger partial charge in [-0.1, -0.05) is 124 Å². The topological polar surface area (TPSA) is 74.6 Å². The summed E-state index contributed by atoms with van der Waals surface area (Å²) in [7, 11) is 0. The van der Waals surface area contributed by atoms with Crippen molar-refractivity contribution in [2.45, 2.75) is 149 Å². The molecule has 0 bridgehead atoms. The summed E-state index contributed by atoms with van der Waals surface area (Å²) in [6.45, 7) is 6.53. The van der Waals surface area contributed by atoms with Crippen LogP contribution in [0.4, 0.5) is 0 Å². The van der Waals surface area contributed by atoms with Gasteiger partial charge >= 0.3 is 11.9 Å². The Bertz CT molecular complexity index is 368. The number of aliphatic carboxylic acids is 2. The lowest BCUT2D eigenvalue weighted by molar-refractivity contribution is -0.142. The van der Waals surface area contributed by atoms with Gasteiger partial charge in [-0.15, -0.1) is 0 Å². The van der Waals surface area contributed by atoms with E-state index in [-0.39, 0.29) is 5.92 Å². The van der Waals surface area contributed by atoms with Crippen molar-refractivity contribution in [1.29, 1.82) is 0 Å². The third-order valence-corrected chi connectivity index (χ3v) is 5.66. The average molecular weight is 429 g/mol. The average Bonchev–Trinajstić information content (AvgIpc) is 2.71. The van der Waals surface area contributed by atoms with Crippen LogP contribution in [-0.2, 0) is 9.59 Å². The predicted octanol–water partition coefficient (Wildman–Crippen LogP) is 8.62. The molecular weight excluding hydrogens is 376 g/mol. The zero-order chi connectivity index (χ0) is 22.9. The summed E-state index contributed by atoms with van der Waals surface area (Å²) in [5.41, 5.74) is 0. The number of carbonyl (C=O) groups is 2. The Morgan fingerprint density at radius 3 is 1.20 bits per heavy atom. The number of carboxylic acid groups (broad SMARTS) is 2. The monoisotopic (exact) mass is 428 g/mol. The van der Waals surface area contributed by atoms with Crippen molar-refractivity contribution in [2.75, 3.05) is 0 Å². The molecule has 4 heteroatoms. The highest BCUT2D eigenvalue weighted by atomic mass is 16.4. The maximum absolute atomic E-state index is 11.3. The lowest BCUT2D eigenvalue weighted by Crippen LogP contribution is -2.13. The molecule has 0 amide bonds.